The Hall–Kier alpha value is -4.20. The molecule has 4 heterocycles. The number of nitriles is 1. The summed E-state index contributed by atoms with van der Waals surface area (Å²) in [5.41, 5.74) is 2.37. The zero-order valence-electron chi connectivity index (χ0n) is 23.5. The van der Waals surface area contributed by atoms with E-state index in [0.717, 1.165) is 42.9 Å². The number of pyridine rings is 1. The summed E-state index contributed by atoms with van der Waals surface area (Å²) in [4.78, 5) is 30.2. The monoisotopic (exact) mass is 554 g/mol. The number of hydrogen-bond acceptors (Lipinski definition) is 8. The van der Waals surface area contributed by atoms with Gasteiger partial charge in [-0.25, -0.2) is 19.6 Å². The first kappa shape index (κ1) is 27.0. The third-order valence-corrected chi connectivity index (χ3v) is 8.42. The molecule has 11 heteroatoms. The molecule has 0 unspecified atom stereocenters. The van der Waals surface area contributed by atoms with Crippen molar-refractivity contribution in [3.63, 3.8) is 0 Å². The minimum Gasteiger partial charge on any atom is -0.490 e. The minimum atomic E-state index is -0.502. The van der Waals surface area contributed by atoms with Crippen molar-refractivity contribution in [3.05, 3.63) is 65.6 Å². The van der Waals surface area contributed by atoms with Gasteiger partial charge in [-0.1, -0.05) is 0 Å². The number of anilines is 1. The number of halogens is 1. The van der Waals surface area contributed by atoms with Gasteiger partial charge in [0.05, 0.1) is 11.8 Å². The maximum atomic E-state index is 14.2. The van der Waals surface area contributed by atoms with Gasteiger partial charge in [0.25, 0.3) is 12.6 Å². The number of hydrogen-bond donors (Lipinski definition) is 0. The second kappa shape index (κ2) is 10.7. The number of aromatic nitrogens is 3. The summed E-state index contributed by atoms with van der Waals surface area (Å²) in [5.74, 6) is 3.75. The van der Waals surface area contributed by atoms with Crippen molar-refractivity contribution in [2.45, 2.75) is 58.4 Å². The van der Waals surface area contributed by atoms with Crippen molar-refractivity contribution in [1.29, 1.82) is 5.26 Å². The largest absolute Gasteiger partial charge is 0.490 e. The Kier molecular flexibility index (Phi) is 7.02. The zero-order chi connectivity index (χ0) is 28.7. The van der Waals surface area contributed by atoms with Crippen molar-refractivity contribution < 1.29 is 18.7 Å². The number of ether oxygens (including phenoxy) is 2. The topological polar surface area (TPSA) is 104 Å². The van der Waals surface area contributed by atoms with Gasteiger partial charge < -0.3 is 19.3 Å². The molecule has 1 saturated heterocycles. The van der Waals surface area contributed by atoms with Gasteiger partial charge in [-0.3, -0.25) is 9.78 Å². The first-order chi connectivity index (χ1) is 19.8. The summed E-state index contributed by atoms with van der Waals surface area (Å²) in [6.45, 7) is 7.82. The van der Waals surface area contributed by atoms with Crippen molar-refractivity contribution in [2.24, 2.45) is 5.41 Å². The Morgan fingerprint density at radius 2 is 2.02 bits per heavy atom. The molecule has 0 bridgehead atoms. The van der Waals surface area contributed by atoms with Crippen molar-refractivity contribution >= 4 is 18.4 Å². The van der Waals surface area contributed by atoms with Crippen LogP contribution in [0.4, 0.5) is 10.2 Å². The molecule has 1 spiro atoms. The molecule has 0 atom stereocenters. The van der Waals surface area contributed by atoms with Gasteiger partial charge in [-0.15, -0.1) is 0 Å². The van der Waals surface area contributed by atoms with E-state index in [0.29, 0.717) is 30.8 Å². The van der Waals surface area contributed by atoms with Crippen LogP contribution in [-0.2, 0) is 12.6 Å². The molecular formula is C30H32BFN6O3. The van der Waals surface area contributed by atoms with E-state index in [1.165, 1.54) is 24.5 Å². The number of nitrogens with zero attached hydrogens (tertiary/aromatic N) is 6. The highest BCUT2D eigenvalue weighted by molar-refractivity contribution is 6.67. The lowest BCUT2D eigenvalue weighted by atomic mass is 9.49. The first-order valence-electron chi connectivity index (χ1n) is 14.2. The zero-order valence-corrected chi connectivity index (χ0v) is 23.5. The predicted octanol–water partition coefficient (Wildman–Crippen LogP) is 4.46. The van der Waals surface area contributed by atoms with E-state index in [2.05, 4.69) is 25.8 Å². The highest BCUT2D eigenvalue weighted by atomic mass is 19.1. The van der Waals surface area contributed by atoms with Crippen LogP contribution in [-0.4, -0.2) is 64.3 Å². The van der Waals surface area contributed by atoms with Crippen LogP contribution in [0.15, 0.2) is 43.0 Å². The minimum absolute atomic E-state index is 0.0238. The summed E-state index contributed by atoms with van der Waals surface area (Å²) in [6.07, 6.45) is 8.21. The molecule has 3 aromatic rings. The van der Waals surface area contributed by atoms with E-state index >= 15 is 0 Å². The van der Waals surface area contributed by atoms with Crippen LogP contribution in [0.5, 0.6) is 17.2 Å². The predicted molar refractivity (Wildman–Crippen MR) is 152 cm³/mol. The van der Waals surface area contributed by atoms with Gasteiger partial charge in [-0.2, -0.15) is 0 Å². The number of amides is 1. The molecule has 210 valence electrons. The molecule has 1 amide bonds. The van der Waals surface area contributed by atoms with Gasteiger partial charge in [0.2, 0.25) is 0 Å². The van der Waals surface area contributed by atoms with Crippen LogP contribution < -0.4 is 14.4 Å². The molecule has 2 aromatic heterocycles. The Bertz CT molecular complexity index is 1510. The maximum absolute atomic E-state index is 14.2. The van der Waals surface area contributed by atoms with E-state index in [1.54, 1.807) is 17.3 Å². The molecule has 0 radical (unpaired) electrons. The Morgan fingerprint density at radius 1 is 1.22 bits per heavy atom. The summed E-state index contributed by atoms with van der Waals surface area (Å²) >= 11 is 0. The smallest absolute Gasteiger partial charge is 0.278 e. The lowest BCUT2D eigenvalue weighted by molar-refractivity contribution is -0.0348. The number of carbonyl (C=O) groups is 1. The van der Waals surface area contributed by atoms with Crippen LogP contribution >= 0.6 is 0 Å². The Morgan fingerprint density at radius 3 is 2.76 bits per heavy atom. The normalized spacial score (nSPS) is 17.1. The van der Waals surface area contributed by atoms with Gasteiger partial charge in [0, 0.05) is 54.5 Å². The van der Waals surface area contributed by atoms with Gasteiger partial charge in [-0.05, 0) is 70.5 Å². The quantitative estimate of drug-likeness (QED) is 0.376. The molecule has 1 saturated carbocycles. The Labute approximate surface area is 239 Å². The standard InChI is InChI=1S/C30H32BFN6O3/c1-4-38(19(2)3)29(39)22-9-20(32)5-6-25(22)41-27-14-34-18-36-28(27)37-15-30(16-37)10-21(11-30)40-26-7-8-35-24-13-31(17-33)12-23(24)26/h5-9,14,18-19,21H,4,10-13,15-16H2,1-3H3. The fourth-order valence-corrected chi connectivity index (χ4v) is 6.40. The Balaban J connectivity index is 1.12. The van der Waals surface area contributed by atoms with Crippen molar-refractivity contribution in [1.82, 2.24) is 19.9 Å². The van der Waals surface area contributed by atoms with Crippen LogP contribution in [0.1, 0.15) is 55.2 Å². The molecular weight excluding hydrogens is 522 g/mol. The summed E-state index contributed by atoms with van der Waals surface area (Å²) in [5, 5.41) is 9.33. The van der Waals surface area contributed by atoms with E-state index in [-0.39, 0.29) is 41.5 Å². The molecule has 1 aromatic carbocycles. The lowest BCUT2D eigenvalue weighted by Gasteiger charge is -2.58. The molecule has 3 aliphatic rings. The fourth-order valence-electron chi connectivity index (χ4n) is 6.40. The molecule has 0 N–H and O–H groups in total. The van der Waals surface area contributed by atoms with Crippen LogP contribution in [0, 0.1) is 22.5 Å². The molecule has 2 aliphatic heterocycles. The second-order valence-electron chi connectivity index (χ2n) is 11.6. The van der Waals surface area contributed by atoms with Crippen LogP contribution in [0.3, 0.4) is 0 Å². The molecule has 1 aliphatic carbocycles. The van der Waals surface area contributed by atoms with Gasteiger partial charge in [0.15, 0.2) is 11.6 Å². The van der Waals surface area contributed by atoms with E-state index in [9.17, 15) is 14.4 Å². The van der Waals surface area contributed by atoms with Crippen LogP contribution in [0.2, 0.25) is 0 Å². The fraction of sp³-hybridized carbons (Fsp3) is 0.433. The number of carbonyl (C=O) groups excluding carboxylic acids is 1. The summed E-state index contributed by atoms with van der Waals surface area (Å²) in [7, 11) is 0. The SMILES string of the molecule is CCN(C(=O)c1cc(F)ccc1Oc1cncnc1N1CC2(CC(Oc3ccnc4c3CB(C#N)C4)C2)C1)C(C)C. The van der Waals surface area contributed by atoms with Gasteiger partial charge >= 0.3 is 0 Å². The van der Waals surface area contributed by atoms with E-state index < -0.39 is 5.82 Å². The average molecular weight is 554 g/mol. The van der Waals surface area contributed by atoms with E-state index in [4.69, 9.17) is 9.47 Å². The lowest BCUT2D eigenvalue weighted by Crippen LogP contribution is -2.65. The molecule has 2 fully saturated rings. The molecule has 9 nitrogen and oxygen atoms in total. The second-order valence-corrected chi connectivity index (χ2v) is 11.6. The highest BCUT2D eigenvalue weighted by Gasteiger charge is 2.54. The summed E-state index contributed by atoms with van der Waals surface area (Å²) < 4.78 is 26.8. The van der Waals surface area contributed by atoms with E-state index in [1.807, 2.05) is 26.8 Å². The maximum Gasteiger partial charge on any atom is 0.278 e. The van der Waals surface area contributed by atoms with Crippen molar-refractivity contribution in [2.75, 3.05) is 24.5 Å². The number of rotatable bonds is 8. The molecule has 41 heavy (non-hydrogen) atoms. The number of benzene rings is 1. The molecule has 6 rings (SSSR count). The number of fused-ring (bicyclic) bond motifs is 1. The first-order valence-corrected chi connectivity index (χ1v) is 14.2. The average Bonchev–Trinajstić information content (AvgIpc) is 3.35. The third-order valence-electron chi connectivity index (χ3n) is 8.42. The van der Waals surface area contributed by atoms with Crippen molar-refractivity contribution in [3.8, 4) is 23.2 Å². The highest BCUT2D eigenvalue weighted by Crippen LogP contribution is 2.52. The van der Waals surface area contributed by atoms with Gasteiger partial charge in [0.1, 0.15) is 29.7 Å². The summed E-state index contributed by atoms with van der Waals surface area (Å²) in [6, 6.07) is 5.86. The van der Waals surface area contributed by atoms with Crippen LogP contribution in [0.25, 0.3) is 0 Å². The third kappa shape index (κ3) is 5.07.